The first-order valence-electron chi connectivity index (χ1n) is 5.48. The van der Waals surface area contributed by atoms with Crippen LogP contribution in [0, 0.1) is 0 Å². The fourth-order valence-corrected chi connectivity index (χ4v) is 1.58. The number of ether oxygens (including phenoxy) is 2. The highest BCUT2D eigenvalue weighted by Crippen LogP contribution is 2.01. The summed E-state index contributed by atoms with van der Waals surface area (Å²) in [6, 6.07) is 0. The van der Waals surface area contributed by atoms with Gasteiger partial charge in [0.15, 0.2) is 6.29 Å². The van der Waals surface area contributed by atoms with E-state index in [1.54, 1.807) is 0 Å². The number of nitrogens with one attached hydrogen (secondary N) is 1. The van der Waals surface area contributed by atoms with Crippen molar-refractivity contribution < 1.29 is 14.3 Å². The van der Waals surface area contributed by atoms with Crippen molar-refractivity contribution in [1.29, 1.82) is 0 Å². The van der Waals surface area contributed by atoms with Crippen LogP contribution in [0.3, 0.4) is 0 Å². The van der Waals surface area contributed by atoms with E-state index in [2.05, 4.69) is 10.2 Å². The lowest BCUT2D eigenvalue weighted by molar-refractivity contribution is -0.151. The average Bonchev–Trinajstić information content (AvgIpc) is 2.18. The number of nitrogens with zero attached hydrogens (tertiary/aromatic N) is 1. The lowest BCUT2D eigenvalue weighted by atomic mass is 10.3. The van der Waals surface area contributed by atoms with Crippen molar-refractivity contribution >= 4 is 5.91 Å². The zero-order valence-corrected chi connectivity index (χ0v) is 9.49. The van der Waals surface area contributed by atoms with Crippen LogP contribution in [0.25, 0.3) is 0 Å². The second kappa shape index (κ2) is 6.76. The highest BCUT2D eigenvalue weighted by atomic mass is 16.7. The molecule has 5 heteroatoms. The molecule has 0 spiro atoms. The van der Waals surface area contributed by atoms with Gasteiger partial charge in [-0.15, -0.1) is 0 Å². The molecule has 0 saturated carbocycles. The van der Waals surface area contributed by atoms with Crippen molar-refractivity contribution in [1.82, 2.24) is 10.2 Å². The Morgan fingerprint density at radius 2 is 2.07 bits per heavy atom. The molecule has 0 aliphatic carbocycles. The Hall–Kier alpha value is -0.650. The molecule has 15 heavy (non-hydrogen) atoms. The SMILES string of the molecule is CCOC(CN1CCNC(=O)C1)OCC. The van der Waals surface area contributed by atoms with Crippen LogP contribution in [0.15, 0.2) is 0 Å². The average molecular weight is 216 g/mol. The van der Waals surface area contributed by atoms with Crippen LogP contribution in [-0.4, -0.2) is 56.5 Å². The molecule has 1 saturated heterocycles. The second-order valence-corrected chi connectivity index (χ2v) is 3.43. The summed E-state index contributed by atoms with van der Waals surface area (Å²) in [5.74, 6) is 0.0768. The molecule has 1 rings (SSSR count). The first kappa shape index (κ1) is 12.4. The summed E-state index contributed by atoms with van der Waals surface area (Å²) in [5.41, 5.74) is 0. The van der Waals surface area contributed by atoms with Gasteiger partial charge in [-0.05, 0) is 13.8 Å². The van der Waals surface area contributed by atoms with E-state index < -0.39 is 0 Å². The molecule has 1 aliphatic heterocycles. The van der Waals surface area contributed by atoms with E-state index in [4.69, 9.17) is 9.47 Å². The van der Waals surface area contributed by atoms with Gasteiger partial charge >= 0.3 is 0 Å². The van der Waals surface area contributed by atoms with E-state index >= 15 is 0 Å². The largest absolute Gasteiger partial charge is 0.354 e. The van der Waals surface area contributed by atoms with Crippen LogP contribution >= 0.6 is 0 Å². The topological polar surface area (TPSA) is 50.8 Å². The molecular formula is C10H20N2O3. The van der Waals surface area contributed by atoms with Crippen molar-refractivity contribution in [3.63, 3.8) is 0 Å². The molecule has 88 valence electrons. The predicted octanol–water partition coefficient (Wildman–Crippen LogP) is -0.183. The Balaban J connectivity index is 2.31. The smallest absolute Gasteiger partial charge is 0.234 e. The number of hydrogen-bond acceptors (Lipinski definition) is 4. The summed E-state index contributed by atoms with van der Waals surface area (Å²) in [7, 11) is 0. The maximum absolute atomic E-state index is 11.1. The zero-order valence-electron chi connectivity index (χ0n) is 9.49. The quantitative estimate of drug-likeness (QED) is 0.626. The minimum atomic E-state index is -0.217. The third-order valence-electron chi connectivity index (χ3n) is 2.23. The summed E-state index contributed by atoms with van der Waals surface area (Å²) in [6.45, 7) is 7.82. The van der Waals surface area contributed by atoms with Gasteiger partial charge in [-0.1, -0.05) is 0 Å². The fraction of sp³-hybridized carbons (Fsp3) is 0.900. The van der Waals surface area contributed by atoms with E-state index in [9.17, 15) is 4.79 Å². The molecule has 0 bridgehead atoms. The molecule has 5 nitrogen and oxygen atoms in total. The molecule has 0 aromatic rings. The van der Waals surface area contributed by atoms with Crippen LogP contribution in [0.2, 0.25) is 0 Å². The molecule has 0 radical (unpaired) electrons. The van der Waals surface area contributed by atoms with Crippen molar-refractivity contribution in [2.45, 2.75) is 20.1 Å². The monoisotopic (exact) mass is 216 g/mol. The Morgan fingerprint density at radius 3 is 2.60 bits per heavy atom. The summed E-state index contributed by atoms with van der Waals surface area (Å²) >= 11 is 0. The fourth-order valence-electron chi connectivity index (χ4n) is 1.58. The van der Waals surface area contributed by atoms with Crippen LogP contribution in [0.5, 0.6) is 0 Å². The Labute approximate surface area is 90.7 Å². The molecule has 1 N–H and O–H groups in total. The molecule has 1 fully saturated rings. The van der Waals surface area contributed by atoms with Crippen molar-refractivity contribution in [2.24, 2.45) is 0 Å². The number of piperazine rings is 1. The van der Waals surface area contributed by atoms with Crippen molar-refractivity contribution in [3.05, 3.63) is 0 Å². The Morgan fingerprint density at radius 1 is 1.40 bits per heavy atom. The van der Waals surface area contributed by atoms with E-state index in [1.807, 2.05) is 13.8 Å². The standard InChI is InChI=1S/C10H20N2O3/c1-3-14-10(15-4-2)8-12-6-5-11-9(13)7-12/h10H,3-8H2,1-2H3,(H,11,13). The van der Waals surface area contributed by atoms with Gasteiger partial charge in [0.1, 0.15) is 0 Å². The molecule has 1 aliphatic rings. The maximum atomic E-state index is 11.1. The molecule has 0 aromatic heterocycles. The molecule has 0 unspecified atom stereocenters. The molecule has 1 heterocycles. The number of carbonyl (C=O) groups is 1. The number of rotatable bonds is 6. The van der Waals surface area contributed by atoms with Gasteiger partial charge in [-0.2, -0.15) is 0 Å². The minimum Gasteiger partial charge on any atom is -0.354 e. The van der Waals surface area contributed by atoms with Crippen molar-refractivity contribution in [2.75, 3.05) is 39.4 Å². The van der Waals surface area contributed by atoms with E-state index in [0.717, 1.165) is 6.54 Å². The molecule has 1 amide bonds. The molecule has 0 atom stereocenters. The Bertz CT molecular complexity index is 193. The highest BCUT2D eigenvalue weighted by Gasteiger charge is 2.20. The zero-order chi connectivity index (χ0) is 11.1. The molecule has 0 aromatic carbocycles. The van der Waals surface area contributed by atoms with Crippen LogP contribution in [0.4, 0.5) is 0 Å². The van der Waals surface area contributed by atoms with Gasteiger partial charge in [-0.3, -0.25) is 9.69 Å². The lowest BCUT2D eigenvalue weighted by Crippen LogP contribution is -2.50. The predicted molar refractivity (Wildman–Crippen MR) is 56.5 cm³/mol. The van der Waals surface area contributed by atoms with E-state index in [-0.39, 0.29) is 12.2 Å². The summed E-state index contributed by atoms with van der Waals surface area (Å²) in [5, 5.41) is 2.79. The van der Waals surface area contributed by atoms with E-state index in [0.29, 0.717) is 32.8 Å². The van der Waals surface area contributed by atoms with Crippen LogP contribution < -0.4 is 5.32 Å². The third kappa shape index (κ3) is 4.59. The van der Waals surface area contributed by atoms with Gasteiger partial charge in [0.05, 0.1) is 13.1 Å². The van der Waals surface area contributed by atoms with Gasteiger partial charge < -0.3 is 14.8 Å². The number of hydrogen-bond donors (Lipinski definition) is 1. The number of amides is 1. The third-order valence-corrected chi connectivity index (χ3v) is 2.23. The van der Waals surface area contributed by atoms with Gasteiger partial charge in [-0.25, -0.2) is 0 Å². The summed E-state index contributed by atoms with van der Waals surface area (Å²) < 4.78 is 10.8. The second-order valence-electron chi connectivity index (χ2n) is 3.43. The number of carbonyl (C=O) groups excluding carboxylic acids is 1. The highest BCUT2D eigenvalue weighted by molar-refractivity contribution is 5.78. The maximum Gasteiger partial charge on any atom is 0.234 e. The minimum absolute atomic E-state index is 0.0768. The Kier molecular flexibility index (Phi) is 5.60. The first-order valence-corrected chi connectivity index (χ1v) is 5.48. The van der Waals surface area contributed by atoms with Gasteiger partial charge in [0.25, 0.3) is 0 Å². The van der Waals surface area contributed by atoms with E-state index in [1.165, 1.54) is 0 Å². The summed E-state index contributed by atoms with van der Waals surface area (Å²) in [4.78, 5) is 13.2. The van der Waals surface area contributed by atoms with Gasteiger partial charge in [0, 0.05) is 26.3 Å². The van der Waals surface area contributed by atoms with Crippen LogP contribution in [-0.2, 0) is 14.3 Å². The normalized spacial score (nSPS) is 18.2. The lowest BCUT2D eigenvalue weighted by Gasteiger charge is -2.29. The van der Waals surface area contributed by atoms with Crippen molar-refractivity contribution in [3.8, 4) is 0 Å². The first-order chi connectivity index (χ1) is 7.26. The molecular weight excluding hydrogens is 196 g/mol. The summed E-state index contributed by atoms with van der Waals surface area (Å²) in [6.07, 6.45) is -0.217. The van der Waals surface area contributed by atoms with Gasteiger partial charge in [0.2, 0.25) is 5.91 Å². The van der Waals surface area contributed by atoms with Crippen LogP contribution in [0.1, 0.15) is 13.8 Å².